The van der Waals surface area contributed by atoms with E-state index < -0.39 is 27.6 Å². The summed E-state index contributed by atoms with van der Waals surface area (Å²) in [7, 11) is -0.785. The number of amides is 1. The largest absolute Gasteiger partial charge is 0.497 e. The molecule has 210 valence electrons. The van der Waals surface area contributed by atoms with Gasteiger partial charge in [0, 0.05) is 20.2 Å². The Bertz CT molecular complexity index is 1120. The number of aliphatic hydroxyl groups excluding tert-OH is 1. The highest BCUT2D eigenvalue weighted by molar-refractivity contribution is 7.89. The van der Waals surface area contributed by atoms with Gasteiger partial charge in [0.1, 0.15) is 5.75 Å². The average Bonchev–Trinajstić information content (AvgIpc) is 3.38. The summed E-state index contributed by atoms with van der Waals surface area (Å²) in [6.07, 6.45) is 2.59. The molecular weight excluding hydrogens is 504 g/mol. The topological polar surface area (TPSA) is 105 Å². The summed E-state index contributed by atoms with van der Waals surface area (Å²) in [6.45, 7) is 4.26. The van der Waals surface area contributed by atoms with Crippen LogP contribution in [0.15, 0.2) is 59.5 Å². The Morgan fingerprint density at radius 1 is 1.03 bits per heavy atom. The van der Waals surface area contributed by atoms with Crippen molar-refractivity contribution in [2.45, 2.75) is 63.0 Å². The fourth-order valence-corrected chi connectivity index (χ4v) is 6.77. The lowest BCUT2D eigenvalue weighted by atomic mass is 9.85. The van der Waals surface area contributed by atoms with Crippen LogP contribution in [0.4, 0.5) is 0 Å². The van der Waals surface area contributed by atoms with Gasteiger partial charge >= 0.3 is 0 Å². The molecule has 0 radical (unpaired) electrons. The van der Waals surface area contributed by atoms with Crippen molar-refractivity contribution < 1.29 is 27.8 Å². The predicted octanol–water partition coefficient (Wildman–Crippen LogP) is 3.64. The molecule has 0 aliphatic heterocycles. The number of hydrogen-bond donors (Lipinski definition) is 2. The highest BCUT2D eigenvalue weighted by Gasteiger charge is 2.43. The highest BCUT2D eigenvalue weighted by atomic mass is 32.2. The highest BCUT2D eigenvalue weighted by Crippen LogP contribution is 2.38. The summed E-state index contributed by atoms with van der Waals surface area (Å²) in [5.41, 5.74) is 0.313. The van der Waals surface area contributed by atoms with Crippen molar-refractivity contribution in [2.24, 2.45) is 11.3 Å². The molecule has 8 nitrogen and oxygen atoms in total. The van der Waals surface area contributed by atoms with Crippen LogP contribution >= 0.6 is 0 Å². The van der Waals surface area contributed by atoms with Crippen molar-refractivity contribution in [1.82, 2.24) is 9.62 Å². The summed E-state index contributed by atoms with van der Waals surface area (Å²) in [6, 6.07) is 15.1. The molecule has 1 unspecified atom stereocenters. The number of nitrogens with one attached hydrogen (secondary N) is 1. The normalized spacial score (nSPS) is 16.9. The number of hydrogen-bond acceptors (Lipinski definition) is 6. The molecule has 1 aliphatic rings. The molecular formula is C29H42N2O6S. The van der Waals surface area contributed by atoms with E-state index in [0.717, 1.165) is 31.2 Å². The minimum Gasteiger partial charge on any atom is -0.497 e. The van der Waals surface area contributed by atoms with Gasteiger partial charge in [0.2, 0.25) is 15.9 Å². The molecule has 0 heterocycles. The van der Waals surface area contributed by atoms with Gasteiger partial charge in [0.05, 0.1) is 36.2 Å². The maximum absolute atomic E-state index is 13.6. The van der Waals surface area contributed by atoms with Crippen LogP contribution in [0.5, 0.6) is 5.75 Å². The third-order valence-corrected chi connectivity index (χ3v) is 9.04. The molecule has 1 aliphatic carbocycles. The van der Waals surface area contributed by atoms with Gasteiger partial charge in [-0.25, -0.2) is 8.42 Å². The molecule has 2 atom stereocenters. The van der Waals surface area contributed by atoms with Gasteiger partial charge in [-0.15, -0.1) is 0 Å². The van der Waals surface area contributed by atoms with E-state index in [1.165, 1.54) is 23.5 Å². The lowest BCUT2D eigenvalue weighted by Crippen LogP contribution is -2.54. The number of carbonyl (C=O) groups is 1. The Balaban J connectivity index is 1.88. The van der Waals surface area contributed by atoms with Crippen molar-refractivity contribution >= 4 is 15.9 Å². The fourth-order valence-electron chi connectivity index (χ4n) is 5.15. The average molecular weight is 547 g/mol. The molecule has 1 amide bonds. The Morgan fingerprint density at radius 2 is 1.66 bits per heavy atom. The van der Waals surface area contributed by atoms with E-state index in [1.807, 2.05) is 44.2 Å². The van der Waals surface area contributed by atoms with Gasteiger partial charge in [0.15, 0.2) is 0 Å². The minimum absolute atomic E-state index is 0.0286. The Labute approximate surface area is 227 Å². The molecule has 2 N–H and O–H groups in total. The van der Waals surface area contributed by atoms with Crippen LogP contribution in [0.25, 0.3) is 0 Å². The van der Waals surface area contributed by atoms with Crippen LogP contribution in [0, 0.1) is 11.3 Å². The minimum atomic E-state index is -3.90. The van der Waals surface area contributed by atoms with Crippen LogP contribution < -0.4 is 10.1 Å². The number of methoxy groups -OCH3 is 2. The van der Waals surface area contributed by atoms with E-state index in [2.05, 4.69) is 5.32 Å². The van der Waals surface area contributed by atoms with Crippen molar-refractivity contribution in [3.05, 3.63) is 60.2 Å². The van der Waals surface area contributed by atoms with Crippen molar-refractivity contribution in [3.63, 3.8) is 0 Å². The number of ether oxygens (including phenoxy) is 2. The van der Waals surface area contributed by atoms with E-state index in [-0.39, 0.29) is 29.8 Å². The summed E-state index contributed by atoms with van der Waals surface area (Å²) in [4.78, 5) is 13.7. The third-order valence-electron chi connectivity index (χ3n) is 7.20. The van der Waals surface area contributed by atoms with Crippen molar-refractivity contribution in [3.8, 4) is 5.75 Å². The number of carbonyl (C=O) groups excluding carboxylic acids is 1. The van der Waals surface area contributed by atoms with Gasteiger partial charge in [-0.1, -0.05) is 57.0 Å². The zero-order valence-corrected chi connectivity index (χ0v) is 23.7. The van der Waals surface area contributed by atoms with Gasteiger partial charge in [-0.05, 0) is 55.0 Å². The summed E-state index contributed by atoms with van der Waals surface area (Å²) < 4.78 is 39.1. The van der Waals surface area contributed by atoms with Crippen LogP contribution in [0.3, 0.4) is 0 Å². The van der Waals surface area contributed by atoms with Crippen molar-refractivity contribution in [2.75, 3.05) is 33.9 Å². The van der Waals surface area contributed by atoms with E-state index in [1.54, 1.807) is 19.2 Å². The first-order valence-corrected chi connectivity index (χ1v) is 14.7. The van der Waals surface area contributed by atoms with E-state index >= 15 is 0 Å². The first-order chi connectivity index (χ1) is 18.1. The lowest BCUT2D eigenvalue weighted by Gasteiger charge is -2.34. The fraction of sp³-hybridized carbons (Fsp3) is 0.552. The molecule has 38 heavy (non-hydrogen) atoms. The Morgan fingerprint density at radius 3 is 2.21 bits per heavy atom. The first kappa shape index (κ1) is 30.1. The molecule has 0 saturated heterocycles. The van der Waals surface area contributed by atoms with Crippen LogP contribution in [-0.4, -0.2) is 69.8 Å². The van der Waals surface area contributed by atoms with Crippen molar-refractivity contribution in [1.29, 1.82) is 0 Å². The van der Waals surface area contributed by atoms with Gasteiger partial charge in [-0.3, -0.25) is 4.79 Å². The summed E-state index contributed by atoms with van der Waals surface area (Å²) in [5, 5.41) is 14.6. The van der Waals surface area contributed by atoms with Crippen LogP contribution in [0.2, 0.25) is 0 Å². The molecule has 0 spiro atoms. The molecule has 2 aromatic rings. The number of rotatable bonds is 14. The second-order valence-corrected chi connectivity index (χ2v) is 12.6. The number of sulfonamides is 1. The van der Waals surface area contributed by atoms with Crippen LogP contribution in [0.1, 0.15) is 45.1 Å². The molecule has 1 fully saturated rings. The molecule has 9 heteroatoms. The number of nitrogens with zero attached hydrogens (tertiary/aromatic N) is 1. The molecule has 3 rings (SSSR count). The maximum Gasteiger partial charge on any atom is 0.243 e. The Kier molecular flexibility index (Phi) is 10.7. The Hall–Kier alpha value is -2.46. The van der Waals surface area contributed by atoms with Gasteiger partial charge in [-0.2, -0.15) is 4.31 Å². The lowest BCUT2D eigenvalue weighted by molar-refractivity contribution is -0.135. The standard InChI is InChI=1S/C29H42N2O6S/c1-22(2)19-31(38(34,35)25-14-12-24(37-4)13-15-25)20-27(32)26(18-23-10-6-5-7-11-23)30-28(33)29(21-36-3)16-8-9-17-29/h5-7,10-15,22,26-27,32H,8-9,16-21H2,1-4H3,(H,30,33)/t26-,27?/m0/s1. The smallest absolute Gasteiger partial charge is 0.243 e. The third kappa shape index (κ3) is 7.56. The quantitative estimate of drug-likeness (QED) is 0.375. The van der Waals surface area contributed by atoms with Gasteiger partial charge < -0.3 is 19.9 Å². The second-order valence-electron chi connectivity index (χ2n) is 10.6. The zero-order chi connectivity index (χ0) is 27.8. The number of benzene rings is 2. The summed E-state index contributed by atoms with van der Waals surface area (Å²) in [5.74, 6) is 0.438. The molecule has 0 bridgehead atoms. The van der Waals surface area contributed by atoms with E-state index in [0.29, 0.717) is 18.8 Å². The zero-order valence-electron chi connectivity index (χ0n) is 22.9. The molecule has 0 aromatic heterocycles. The maximum atomic E-state index is 13.6. The monoisotopic (exact) mass is 546 g/mol. The number of aliphatic hydroxyl groups is 1. The molecule has 2 aromatic carbocycles. The van der Waals surface area contributed by atoms with E-state index in [9.17, 15) is 18.3 Å². The SMILES string of the molecule is COCC1(C(=O)N[C@@H](Cc2ccccc2)C(O)CN(CC(C)C)S(=O)(=O)c2ccc(OC)cc2)CCCC1. The molecule has 1 saturated carbocycles. The first-order valence-electron chi connectivity index (χ1n) is 13.3. The predicted molar refractivity (Wildman–Crippen MR) is 147 cm³/mol. The van der Waals surface area contributed by atoms with Crippen LogP contribution in [-0.2, 0) is 26.0 Å². The van der Waals surface area contributed by atoms with E-state index in [4.69, 9.17) is 9.47 Å². The van der Waals surface area contributed by atoms with Gasteiger partial charge in [0.25, 0.3) is 0 Å². The summed E-state index contributed by atoms with van der Waals surface area (Å²) >= 11 is 0. The second kappa shape index (κ2) is 13.6.